The first-order valence-corrected chi connectivity index (χ1v) is 12.1. The monoisotopic (exact) mass is 408 g/mol. The fraction of sp³-hybridized carbons (Fsp3) is 0.739. The van der Waals surface area contributed by atoms with Crippen molar-refractivity contribution < 1.29 is 17.9 Å². The van der Waals surface area contributed by atoms with Crippen LogP contribution in [0.25, 0.3) is 0 Å². The molecule has 2 aliphatic carbocycles. The fourth-order valence-corrected chi connectivity index (χ4v) is 8.23. The first-order valence-electron chi connectivity index (χ1n) is 10.5. The van der Waals surface area contributed by atoms with Gasteiger partial charge in [-0.05, 0) is 60.0 Å². The Morgan fingerprint density at radius 2 is 1.61 bits per heavy atom. The quantitative estimate of drug-likeness (QED) is 0.658. The van der Waals surface area contributed by atoms with Gasteiger partial charge in [0.25, 0.3) is 0 Å². The van der Waals surface area contributed by atoms with Crippen LogP contribution in [0.4, 0.5) is 0 Å². The van der Waals surface area contributed by atoms with Gasteiger partial charge in [0.15, 0.2) is 9.84 Å². The summed E-state index contributed by atoms with van der Waals surface area (Å²) in [4.78, 5) is 0.302. The van der Waals surface area contributed by atoms with Crippen LogP contribution in [-0.2, 0) is 9.84 Å². The lowest BCUT2D eigenvalue weighted by atomic mass is 9.47. The van der Waals surface area contributed by atoms with Crippen LogP contribution in [-0.4, -0.2) is 28.4 Å². The minimum atomic E-state index is -3.44. The van der Waals surface area contributed by atoms with Gasteiger partial charge in [0, 0.05) is 6.07 Å². The van der Waals surface area contributed by atoms with E-state index in [1.807, 2.05) is 0 Å². The SMILES string of the molecule is COc1cc(OC)cc(S(=O)(=O)CC2C(C)CCC3C(C)(C)CCCC23C)c1. The predicted molar refractivity (Wildman–Crippen MR) is 113 cm³/mol. The van der Waals surface area contributed by atoms with E-state index in [4.69, 9.17) is 9.47 Å². The Morgan fingerprint density at radius 1 is 1.00 bits per heavy atom. The van der Waals surface area contributed by atoms with Gasteiger partial charge < -0.3 is 9.47 Å². The van der Waals surface area contributed by atoms with Crippen molar-refractivity contribution in [1.29, 1.82) is 0 Å². The highest BCUT2D eigenvalue weighted by atomic mass is 32.2. The molecule has 0 amide bonds. The van der Waals surface area contributed by atoms with Gasteiger partial charge in [-0.2, -0.15) is 0 Å². The van der Waals surface area contributed by atoms with E-state index in [2.05, 4.69) is 27.7 Å². The maximum atomic E-state index is 13.4. The van der Waals surface area contributed by atoms with Gasteiger partial charge in [-0.1, -0.05) is 40.5 Å². The minimum Gasteiger partial charge on any atom is -0.497 e. The van der Waals surface area contributed by atoms with Crippen LogP contribution in [0.5, 0.6) is 11.5 Å². The summed E-state index contributed by atoms with van der Waals surface area (Å²) in [7, 11) is -0.352. The number of fused-ring (bicyclic) bond motifs is 1. The van der Waals surface area contributed by atoms with E-state index >= 15 is 0 Å². The summed E-state index contributed by atoms with van der Waals surface area (Å²) in [5, 5.41) is 0. The molecule has 0 N–H and O–H groups in total. The Bertz CT molecular complexity index is 792. The number of benzene rings is 1. The molecule has 4 atom stereocenters. The van der Waals surface area contributed by atoms with Gasteiger partial charge in [0.1, 0.15) is 11.5 Å². The van der Waals surface area contributed by atoms with E-state index in [-0.39, 0.29) is 22.5 Å². The van der Waals surface area contributed by atoms with Crippen molar-refractivity contribution in [1.82, 2.24) is 0 Å². The van der Waals surface area contributed by atoms with Crippen molar-refractivity contribution in [2.45, 2.75) is 64.7 Å². The van der Waals surface area contributed by atoms with Gasteiger partial charge in [-0.25, -0.2) is 8.42 Å². The first-order chi connectivity index (χ1) is 13.0. The zero-order valence-corrected chi connectivity index (χ0v) is 19.1. The number of methoxy groups -OCH3 is 2. The van der Waals surface area contributed by atoms with Gasteiger partial charge >= 0.3 is 0 Å². The number of rotatable bonds is 5. The van der Waals surface area contributed by atoms with Gasteiger partial charge in [0.05, 0.1) is 24.9 Å². The second-order valence-corrected chi connectivity index (χ2v) is 11.9. The highest BCUT2D eigenvalue weighted by molar-refractivity contribution is 7.91. The topological polar surface area (TPSA) is 52.6 Å². The molecule has 1 aromatic rings. The van der Waals surface area contributed by atoms with Crippen molar-refractivity contribution in [2.24, 2.45) is 28.6 Å². The Morgan fingerprint density at radius 3 is 2.18 bits per heavy atom. The highest BCUT2D eigenvalue weighted by Gasteiger charge is 2.54. The van der Waals surface area contributed by atoms with Crippen molar-refractivity contribution in [3.63, 3.8) is 0 Å². The summed E-state index contributed by atoms with van der Waals surface area (Å²) in [6, 6.07) is 4.95. The predicted octanol–water partition coefficient (Wildman–Crippen LogP) is 5.36. The van der Waals surface area contributed by atoms with Gasteiger partial charge in [0.2, 0.25) is 0 Å². The molecule has 4 unspecified atom stereocenters. The molecule has 2 saturated carbocycles. The third-order valence-corrected chi connectivity index (χ3v) is 9.56. The van der Waals surface area contributed by atoms with Crippen LogP contribution in [0.3, 0.4) is 0 Å². The molecule has 158 valence electrons. The van der Waals surface area contributed by atoms with Crippen molar-refractivity contribution in [3.8, 4) is 11.5 Å². The van der Waals surface area contributed by atoms with Crippen molar-refractivity contribution in [2.75, 3.05) is 20.0 Å². The molecular formula is C23H36O4S. The smallest absolute Gasteiger partial charge is 0.178 e. The van der Waals surface area contributed by atoms with Crippen molar-refractivity contribution in [3.05, 3.63) is 18.2 Å². The fourth-order valence-electron chi connectivity index (χ4n) is 6.26. The number of ether oxygens (including phenoxy) is 2. The molecule has 1 aromatic carbocycles. The van der Waals surface area contributed by atoms with Crippen molar-refractivity contribution >= 4 is 9.84 Å². The Hall–Kier alpha value is -1.23. The summed E-state index contributed by atoms with van der Waals surface area (Å²) in [6.45, 7) is 9.36. The summed E-state index contributed by atoms with van der Waals surface area (Å²) in [5.41, 5.74) is 0.365. The van der Waals surface area contributed by atoms with Crippen LogP contribution in [0.15, 0.2) is 23.1 Å². The van der Waals surface area contributed by atoms with Crippen LogP contribution in [0.1, 0.15) is 59.8 Å². The molecular weight excluding hydrogens is 372 g/mol. The maximum Gasteiger partial charge on any atom is 0.178 e. The summed E-state index contributed by atoms with van der Waals surface area (Å²) >= 11 is 0. The summed E-state index contributed by atoms with van der Waals surface area (Å²) in [5.74, 6) is 2.40. The molecule has 0 spiro atoms. The molecule has 4 nitrogen and oxygen atoms in total. The number of hydrogen-bond donors (Lipinski definition) is 0. The third kappa shape index (κ3) is 3.79. The highest BCUT2D eigenvalue weighted by Crippen LogP contribution is 2.61. The molecule has 3 rings (SSSR count). The number of sulfone groups is 1. The largest absolute Gasteiger partial charge is 0.497 e. The molecule has 2 aliphatic rings. The number of hydrogen-bond acceptors (Lipinski definition) is 4. The molecule has 0 heterocycles. The first kappa shape index (κ1) is 21.5. The van der Waals surface area contributed by atoms with Gasteiger partial charge in [-0.15, -0.1) is 0 Å². The van der Waals surface area contributed by atoms with Gasteiger partial charge in [-0.3, -0.25) is 0 Å². The molecule has 0 radical (unpaired) electrons. The Labute approximate surface area is 170 Å². The average Bonchev–Trinajstić information content (AvgIpc) is 2.63. The summed E-state index contributed by atoms with van der Waals surface area (Å²) < 4.78 is 37.5. The molecule has 0 aliphatic heterocycles. The van der Waals surface area contributed by atoms with Crippen LogP contribution in [0, 0.1) is 28.6 Å². The lowest BCUT2D eigenvalue weighted by Crippen LogP contribution is -2.52. The molecule has 5 heteroatoms. The molecule has 0 bridgehead atoms. The zero-order chi connectivity index (χ0) is 20.7. The third-order valence-electron chi connectivity index (χ3n) is 7.80. The molecule has 28 heavy (non-hydrogen) atoms. The minimum absolute atomic E-state index is 0.0788. The lowest BCUT2D eigenvalue weighted by Gasteiger charge is -2.59. The van der Waals surface area contributed by atoms with E-state index in [9.17, 15) is 8.42 Å². The Kier molecular flexibility index (Phi) is 5.79. The second kappa shape index (κ2) is 7.55. The average molecular weight is 409 g/mol. The molecule has 0 saturated heterocycles. The normalized spacial score (nSPS) is 32.4. The Balaban J connectivity index is 1.96. The molecule has 0 aromatic heterocycles. The van der Waals surface area contributed by atoms with Crippen LogP contribution < -0.4 is 9.47 Å². The van der Waals surface area contributed by atoms with E-state index < -0.39 is 9.84 Å². The molecule has 2 fully saturated rings. The van der Waals surface area contributed by atoms with E-state index in [0.717, 1.165) is 12.8 Å². The zero-order valence-electron chi connectivity index (χ0n) is 18.2. The summed E-state index contributed by atoms with van der Waals surface area (Å²) in [6.07, 6.45) is 5.90. The van der Waals surface area contributed by atoms with Crippen LogP contribution in [0.2, 0.25) is 0 Å². The lowest BCUT2D eigenvalue weighted by molar-refractivity contribution is -0.0855. The van der Waals surface area contributed by atoms with E-state index in [0.29, 0.717) is 28.2 Å². The van der Waals surface area contributed by atoms with E-state index in [1.54, 1.807) is 32.4 Å². The second-order valence-electron chi connectivity index (χ2n) is 9.89. The maximum absolute atomic E-state index is 13.4. The van der Waals surface area contributed by atoms with E-state index in [1.165, 1.54) is 19.3 Å². The van der Waals surface area contributed by atoms with Crippen LogP contribution >= 0.6 is 0 Å². The standard InChI is InChI=1S/C23H36O4S/c1-16-8-9-21-22(2,3)10-7-11-23(21,4)20(16)15-28(24,25)19-13-17(26-5)12-18(14-19)27-6/h12-14,16,20-21H,7-11,15H2,1-6H3.